The number of thiazole rings is 6. The number of ether oxygens (including phenoxy) is 1. The van der Waals surface area contributed by atoms with Gasteiger partial charge in [0.1, 0.15) is 83.1 Å². The van der Waals surface area contributed by atoms with Crippen molar-refractivity contribution in [1.82, 2.24) is 61.2 Å². The molecule has 1 saturated carbocycles. The Morgan fingerprint density at radius 2 is 1.45 bits per heavy atom. The molecule has 86 heavy (non-hydrogen) atoms. The second kappa shape index (κ2) is 27.1. The Morgan fingerprint density at radius 3 is 2.19 bits per heavy atom. The first kappa shape index (κ1) is 61.0. The quantitative estimate of drug-likeness (QED) is 0.0379. The van der Waals surface area contributed by atoms with E-state index in [4.69, 9.17) is 47.1 Å². The number of methoxy groups -OCH3 is 1. The van der Waals surface area contributed by atoms with Crippen molar-refractivity contribution < 1.29 is 38.3 Å². The van der Waals surface area contributed by atoms with Gasteiger partial charge in [0, 0.05) is 71.0 Å². The molecule has 10 rings (SSSR count). The number of hydrazine groups is 2. The highest BCUT2D eigenvalue weighted by molar-refractivity contribution is 7.16. The second-order valence-corrected chi connectivity index (χ2v) is 25.3. The van der Waals surface area contributed by atoms with Crippen LogP contribution < -0.4 is 49.0 Å². The molecule has 8 heterocycles. The summed E-state index contributed by atoms with van der Waals surface area (Å²) >= 11 is 6.63. The van der Waals surface area contributed by atoms with Gasteiger partial charge in [0.15, 0.2) is 0 Å². The SMILES string of the molecule is CNC(=O)C[C@H]1c2nc(c(C)s2)C(=O)N(N)c2nc(c(COC)s2)C(=O)NCC(=O)N[C@@H]([C@@H](N=O)c2ccccc2)c2nc(cs2)-c2nc(cs2)-c2nc(-c3nc(NC(=O)C4CCC(C(=O)NCCN)CC4)cs3)ccc2-c2nc(cs2)C(=O)N1N. The number of hydrogen-bond donors (Lipinski definition) is 8. The Balaban J connectivity index is 1.03. The topological polar surface area (TPSA) is 393 Å². The fourth-order valence-electron chi connectivity index (χ4n) is 9.48. The molecule has 27 nitrogen and oxygen atoms in total. The number of pyridine rings is 1. The van der Waals surface area contributed by atoms with Crippen molar-refractivity contribution in [2.75, 3.05) is 44.1 Å². The lowest BCUT2D eigenvalue weighted by atomic mass is 9.81. The molecule has 0 saturated heterocycles. The minimum atomic E-state index is -1.22. The van der Waals surface area contributed by atoms with E-state index in [2.05, 4.69) is 41.7 Å². The fourth-order valence-corrected chi connectivity index (χ4v) is 14.7. The molecule has 8 aromatic rings. The summed E-state index contributed by atoms with van der Waals surface area (Å²) in [4.78, 5) is 143. The molecule has 0 unspecified atom stereocenters. The molecule has 2 aliphatic rings. The van der Waals surface area contributed by atoms with Gasteiger partial charge in [-0.3, -0.25) is 38.6 Å². The van der Waals surface area contributed by atoms with Gasteiger partial charge in [-0.05, 0) is 50.3 Å². The number of benzene rings is 1. The molecule has 446 valence electrons. The third-order valence-electron chi connectivity index (χ3n) is 13.9. The van der Waals surface area contributed by atoms with Gasteiger partial charge in [0.25, 0.3) is 17.7 Å². The monoisotopic (exact) mass is 1280 g/mol. The summed E-state index contributed by atoms with van der Waals surface area (Å²) in [6.07, 6.45) is 1.85. The van der Waals surface area contributed by atoms with Gasteiger partial charge in [0.2, 0.25) is 28.8 Å². The van der Waals surface area contributed by atoms with E-state index in [-0.39, 0.29) is 73.8 Å². The molecule has 7 amide bonds. The predicted octanol–water partition coefficient (Wildman–Crippen LogP) is 5.89. The van der Waals surface area contributed by atoms with E-state index in [1.165, 1.54) is 42.2 Å². The number of fused-ring (bicyclic) bond motifs is 14. The molecule has 1 aliphatic heterocycles. The summed E-state index contributed by atoms with van der Waals surface area (Å²) in [6, 6.07) is 8.56. The lowest BCUT2D eigenvalue weighted by Gasteiger charge is -2.26. The third-order valence-corrected chi connectivity index (χ3v) is 19.5. The maximum atomic E-state index is 14.5. The van der Waals surface area contributed by atoms with Gasteiger partial charge >= 0.3 is 0 Å². The van der Waals surface area contributed by atoms with Crippen LogP contribution in [0.15, 0.2) is 69.2 Å². The van der Waals surface area contributed by atoms with Crippen LogP contribution in [0.25, 0.3) is 43.4 Å². The standard InChI is InChI=1S/C53H54N18O9S6/c1-24-38-52(78)71(56)53-68-41(34(86-53)19-80-3)45(76)59-18-37(73)66-42(39(69-79)25-7-5-4-6-8-25)50-62-31(21-83-50)48-61-30(20-82-48)40-28(46-63-32(22-81-46)51(77)70(55)33(17-36(72)57-2)49(67-38)85-24)13-14-29(60-40)47-65-35(23-84-47)64-44(75)27-11-9-26(10-12-27)43(74)58-16-15-54/h4-8,13-14,20-23,26-27,33,39,42H,9-12,15-19,54-56H2,1-3H3,(H,57,72)(H,58,74)(H,59,76)(H,64,75)(H,66,73)/t26?,27?,33-,39-,42-/m0/s1. The number of aryl methyl sites for hydroxylation is 1. The number of amides is 7. The average Bonchev–Trinajstić information content (AvgIpc) is 3.58. The number of carbonyl (C=O) groups is 7. The van der Waals surface area contributed by atoms with E-state index < -0.39 is 54.2 Å². The number of rotatable bonds is 13. The van der Waals surface area contributed by atoms with E-state index in [0.29, 0.717) is 103 Å². The zero-order chi connectivity index (χ0) is 60.8. The van der Waals surface area contributed by atoms with Crippen molar-refractivity contribution in [3.63, 3.8) is 0 Å². The van der Waals surface area contributed by atoms with Crippen LogP contribution in [0.1, 0.15) is 107 Å². The zero-order valence-electron chi connectivity index (χ0n) is 45.9. The highest BCUT2D eigenvalue weighted by Gasteiger charge is 2.36. The Labute approximate surface area is 513 Å². The van der Waals surface area contributed by atoms with Crippen molar-refractivity contribution >= 4 is 120 Å². The first-order valence-electron chi connectivity index (χ1n) is 26.5. The first-order valence-corrected chi connectivity index (χ1v) is 31.6. The van der Waals surface area contributed by atoms with Crippen molar-refractivity contribution in [2.24, 2.45) is 34.4 Å². The van der Waals surface area contributed by atoms with Crippen LogP contribution in [0.4, 0.5) is 10.9 Å². The smallest absolute Gasteiger partial charge is 0.294 e. The van der Waals surface area contributed by atoms with E-state index in [0.717, 1.165) is 50.4 Å². The molecule has 33 heteroatoms. The summed E-state index contributed by atoms with van der Waals surface area (Å²) in [5.74, 6) is 8.99. The zero-order valence-corrected chi connectivity index (χ0v) is 50.8. The number of hydrogen-bond acceptors (Lipinski definition) is 26. The van der Waals surface area contributed by atoms with Gasteiger partial charge in [-0.15, -0.1) is 56.7 Å². The van der Waals surface area contributed by atoms with E-state index in [9.17, 15) is 38.5 Å². The van der Waals surface area contributed by atoms with Gasteiger partial charge in [-0.1, -0.05) is 46.8 Å². The first-order chi connectivity index (χ1) is 41.5. The number of nitroso groups, excluding NO2 is 1. The third kappa shape index (κ3) is 13.3. The van der Waals surface area contributed by atoms with Crippen molar-refractivity contribution in [1.29, 1.82) is 0 Å². The molecular formula is C53H54N18O9S6. The minimum absolute atomic E-state index is 0.0555. The van der Waals surface area contributed by atoms with Crippen LogP contribution in [-0.2, 0) is 30.5 Å². The number of carbonyl (C=O) groups excluding carboxylic acids is 7. The highest BCUT2D eigenvalue weighted by Crippen LogP contribution is 2.41. The maximum absolute atomic E-state index is 14.5. The molecule has 0 radical (unpaired) electrons. The Hall–Kier alpha value is -8.12. The average molecular weight is 1280 g/mol. The Kier molecular flexibility index (Phi) is 19.2. The molecule has 3 atom stereocenters. The number of nitrogens with one attached hydrogen (secondary N) is 5. The van der Waals surface area contributed by atoms with E-state index in [1.807, 2.05) is 0 Å². The molecular weight excluding hydrogens is 1230 g/mol. The maximum Gasteiger partial charge on any atom is 0.294 e. The molecule has 11 N–H and O–H groups in total. The number of anilines is 2. The fraction of sp³-hybridized carbons (Fsp3) is 0.321. The van der Waals surface area contributed by atoms with E-state index in [1.54, 1.807) is 65.5 Å². The van der Waals surface area contributed by atoms with Crippen molar-refractivity contribution in [3.8, 4) is 43.4 Å². The summed E-state index contributed by atoms with van der Waals surface area (Å²) in [6.45, 7) is 1.61. The number of nitrogens with zero attached hydrogens (tertiary/aromatic N) is 10. The molecule has 1 aliphatic carbocycles. The summed E-state index contributed by atoms with van der Waals surface area (Å²) < 4.78 is 5.35. The van der Waals surface area contributed by atoms with Crippen LogP contribution in [0.2, 0.25) is 0 Å². The summed E-state index contributed by atoms with van der Waals surface area (Å²) in [7, 11) is 2.81. The largest absolute Gasteiger partial charge is 0.379 e. The normalized spacial score (nSPS) is 18.0. The van der Waals surface area contributed by atoms with Gasteiger partial charge in [-0.25, -0.2) is 51.6 Å². The van der Waals surface area contributed by atoms with Crippen LogP contribution in [0, 0.1) is 23.7 Å². The summed E-state index contributed by atoms with van der Waals surface area (Å²) in [5.41, 5.74) is 7.55. The summed E-state index contributed by atoms with van der Waals surface area (Å²) in [5, 5.41) is 26.9. The second-order valence-electron chi connectivity index (χ2n) is 19.5. The minimum Gasteiger partial charge on any atom is -0.379 e. The van der Waals surface area contributed by atoms with Crippen LogP contribution in [-0.4, -0.2) is 115 Å². The predicted molar refractivity (Wildman–Crippen MR) is 325 cm³/mol. The molecule has 1 aromatic carbocycles. The van der Waals surface area contributed by atoms with Gasteiger partial charge in [0.05, 0.1) is 30.1 Å². The van der Waals surface area contributed by atoms with Crippen LogP contribution in [0.5, 0.6) is 0 Å². The highest BCUT2D eigenvalue weighted by atomic mass is 32.1. The van der Waals surface area contributed by atoms with Gasteiger partial charge < -0.3 is 37.1 Å². The van der Waals surface area contributed by atoms with Gasteiger partial charge in [-0.2, -0.15) is 4.91 Å². The molecule has 1 fully saturated rings. The Morgan fingerprint density at radius 1 is 0.756 bits per heavy atom. The van der Waals surface area contributed by atoms with Crippen LogP contribution >= 0.6 is 68.0 Å². The van der Waals surface area contributed by atoms with E-state index >= 15 is 0 Å². The number of aromatic nitrogens is 7. The Bertz CT molecular complexity index is 3850. The molecule has 10 bridgehead atoms. The lowest BCUT2D eigenvalue weighted by molar-refractivity contribution is -0.128. The molecule has 0 spiro atoms. The van der Waals surface area contributed by atoms with Crippen molar-refractivity contribution in [2.45, 2.75) is 63.8 Å². The van der Waals surface area contributed by atoms with Crippen molar-refractivity contribution in [3.05, 3.63) is 111 Å². The number of nitrogens with two attached hydrogens (primary N) is 3. The lowest BCUT2D eigenvalue weighted by Crippen LogP contribution is -2.43. The molecule has 7 aromatic heterocycles. The van der Waals surface area contributed by atoms with Crippen LogP contribution in [0.3, 0.4) is 0 Å².